The number of phenolic OH excluding ortho intramolecular Hbond substituents is 1. The fraction of sp³-hybridized carbons (Fsp3) is 0.333. The van der Waals surface area contributed by atoms with E-state index in [2.05, 4.69) is 0 Å². The molecule has 0 amide bonds. The Morgan fingerprint density at radius 1 is 1.18 bits per heavy atom. The summed E-state index contributed by atoms with van der Waals surface area (Å²) in [4.78, 5) is 21.8. The third-order valence-electron chi connectivity index (χ3n) is 2.39. The van der Waals surface area contributed by atoms with Gasteiger partial charge in [0.1, 0.15) is 11.5 Å². The predicted molar refractivity (Wildman–Crippen MR) is 61.7 cm³/mol. The van der Waals surface area contributed by atoms with Crippen LogP contribution in [0, 0.1) is 0 Å². The van der Waals surface area contributed by atoms with E-state index in [-0.39, 0.29) is 24.4 Å². The first-order valence-corrected chi connectivity index (χ1v) is 5.27. The van der Waals surface area contributed by atoms with E-state index in [1.165, 1.54) is 12.1 Å². The Balaban J connectivity index is 2.48. The molecule has 1 unspecified atom stereocenters. The van der Waals surface area contributed by atoms with E-state index in [4.69, 9.17) is 15.9 Å². The van der Waals surface area contributed by atoms with Gasteiger partial charge in [0.05, 0.1) is 12.5 Å². The maximum atomic E-state index is 11.5. The molecule has 0 bridgehead atoms. The molecule has 17 heavy (non-hydrogen) atoms. The van der Waals surface area contributed by atoms with Crippen molar-refractivity contribution in [3.8, 4) is 5.75 Å². The van der Waals surface area contributed by atoms with Crippen LogP contribution in [0.15, 0.2) is 24.3 Å². The van der Waals surface area contributed by atoms with Gasteiger partial charge < -0.3 is 15.9 Å². The van der Waals surface area contributed by atoms with E-state index < -0.39 is 12.0 Å². The molecular formula is C12H15NO4. The molecule has 0 aliphatic heterocycles. The second-order valence-corrected chi connectivity index (χ2v) is 3.84. The highest BCUT2D eigenvalue weighted by atomic mass is 16.4. The quantitative estimate of drug-likeness (QED) is 0.676. The lowest BCUT2D eigenvalue weighted by molar-refractivity contribution is -0.138. The molecule has 1 aromatic rings. The fourth-order valence-electron chi connectivity index (χ4n) is 1.42. The second-order valence-electron chi connectivity index (χ2n) is 3.84. The third-order valence-corrected chi connectivity index (χ3v) is 2.39. The van der Waals surface area contributed by atoms with Crippen LogP contribution >= 0.6 is 0 Å². The molecule has 0 fully saturated rings. The lowest BCUT2D eigenvalue weighted by Crippen LogP contribution is -2.32. The van der Waals surface area contributed by atoms with Gasteiger partial charge in [-0.05, 0) is 24.1 Å². The van der Waals surface area contributed by atoms with Crippen molar-refractivity contribution in [3.63, 3.8) is 0 Å². The second kappa shape index (κ2) is 6.00. The molecule has 5 nitrogen and oxygen atoms in total. The first-order chi connectivity index (χ1) is 7.99. The monoisotopic (exact) mass is 237 g/mol. The Morgan fingerprint density at radius 2 is 1.76 bits per heavy atom. The van der Waals surface area contributed by atoms with Gasteiger partial charge in [-0.15, -0.1) is 0 Å². The molecule has 0 aliphatic carbocycles. The molecule has 4 N–H and O–H groups in total. The summed E-state index contributed by atoms with van der Waals surface area (Å²) in [6.45, 7) is 0. The zero-order valence-corrected chi connectivity index (χ0v) is 9.30. The standard InChI is InChI=1S/C12H15NO4/c13-10(11(15)5-6-12(16)17)7-8-1-3-9(14)4-2-8/h1-4,10,14H,5-7,13H2,(H,16,17). The topological polar surface area (TPSA) is 101 Å². The lowest BCUT2D eigenvalue weighted by atomic mass is 10.0. The minimum atomic E-state index is -1.00. The van der Waals surface area contributed by atoms with Crippen LogP contribution in [0.5, 0.6) is 5.75 Å². The summed E-state index contributed by atoms with van der Waals surface area (Å²) in [5.41, 5.74) is 6.50. The minimum absolute atomic E-state index is 0.0470. The van der Waals surface area contributed by atoms with Crippen LogP contribution < -0.4 is 5.73 Å². The number of aromatic hydroxyl groups is 1. The number of ketones is 1. The van der Waals surface area contributed by atoms with Crippen LogP contribution in [-0.4, -0.2) is 28.0 Å². The summed E-state index contributed by atoms with van der Waals surface area (Å²) < 4.78 is 0. The average Bonchev–Trinajstić information content (AvgIpc) is 2.28. The smallest absolute Gasteiger partial charge is 0.303 e. The number of carbonyl (C=O) groups is 2. The van der Waals surface area contributed by atoms with Crippen LogP contribution in [0.4, 0.5) is 0 Å². The van der Waals surface area contributed by atoms with Gasteiger partial charge in [-0.3, -0.25) is 9.59 Å². The van der Waals surface area contributed by atoms with E-state index >= 15 is 0 Å². The molecule has 0 saturated carbocycles. The first kappa shape index (κ1) is 13.2. The zero-order valence-electron chi connectivity index (χ0n) is 9.30. The number of rotatable bonds is 6. The maximum absolute atomic E-state index is 11.5. The van der Waals surface area contributed by atoms with Gasteiger partial charge in [0, 0.05) is 6.42 Å². The van der Waals surface area contributed by atoms with Gasteiger partial charge in [-0.25, -0.2) is 0 Å². The number of nitrogens with two attached hydrogens (primary N) is 1. The van der Waals surface area contributed by atoms with Gasteiger partial charge in [0.25, 0.3) is 0 Å². The summed E-state index contributed by atoms with van der Waals surface area (Å²) >= 11 is 0. The van der Waals surface area contributed by atoms with Gasteiger partial charge in [0.15, 0.2) is 0 Å². The van der Waals surface area contributed by atoms with E-state index in [1.807, 2.05) is 0 Å². The molecule has 0 aromatic heterocycles. The number of aliphatic carboxylic acids is 1. The molecule has 1 rings (SSSR count). The zero-order chi connectivity index (χ0) is 12.8. The van der Waals surface area contributed by atoms with Crippen molar-refractivity contribution in [3.05, 3.63) is 29.8 Å². The highest BCUT2D eigenvalue weighted by Gasteiger charge is 2.15. The lowest BCUT2D eigenvalue weighted by Gasteiger charge is -2.09. The first-order valence-electron chi connectivity index (χ1n) is 5.27. The number of hydrogen-bond donors (Lipinski definition) is 3. The molecule has 0 spiro atoms. The van der Waals surface area contributed by atoms with Crippen LogP contribution in [0.1, 0.15) is 18.4 Å². The van der Waals surface area contributed by atoms with Gasteiger partial charge >= 0.3 is 5.97 Å². The highest BCUT2D eigenvalue weighted by molar-refractivity contribution is 5.86. The van der Waals surface area contributed by atoms with Crippen molar-refractivity contribution in [2.45, 2.75) is 25.3 Å². The third kappa shape index (κ3) is 4.65. The van der Waals surface area contributed by atoms with E-state index in [0.717, 1.165) is 5.56 Å². The summed E-state index contributed by atoms with van der Waals surface area (Å²) in [5, 5.41) is 17.5. The highest BCUT2D eigenvalue weighted by Crippen LogP contribution is 2.11. The summed E-state index contributed by atoms with van der Waals surface area (Å²) in [6.07, 6.45) is 0.107. The number of carboxylic acids is 1. The molecule has 0 aliphatic rings. The average molecular weight is 237 g/mol. The van der Waals surface area contributed by atoms with Crippen molar-refractivity contribution >= 4 is 11.8 Å². The van der Waals surface area contributed by atoms with Crippen molar-refractivity contribution in [1.82, 2.24) is 0 Å². The summed E-state index contributed by atoms with van der Waals surface area (Å²) in [7, 11) is 0. The van der Waals surface area contributed by atoms with Crippen LogP contribution in [-0.2, 0) is 16.0 Å². The van der Waals surface area contributed by atoms with Crippen LogP contribution in [0.2, 0.25) is 0 Å². The number of benzene rings is 1. The number of hydrogen-bond acceptors (Lipinski definition) is 4. The van der Waals surface area contributed by atoms with Crippen molar-refractivity contribution in [2.24, 2.45) is 5.73 Å². The Labute approximate surface area is 98.9 Å². The molecule has 0 radical (unpaired) electrons. The Bertz CT molecular complexity index is 399. The Hall–Kier alpha value is -1.88. The van der Waals surface area contributed by atoms with E-state index in [9.17, 15) is 9.59 Å². The van der Waals surface area contributed by atoms with Crippen LogP contribution in [0.25, 0.3) is 0 Å². The van der Waals surface area contributed by atoms with E-state index in [0.29, 0.717) is 6.42 Å². The summed E-state index contributed by atoms with van der Waals surface area (Å²) in [5.74, 6) is -1.12. The number of phenols is 1. The Morgan fingerprint density at radius 3 is 2.29 bits per heavy atom. The molecule has 0 saturated heterocycles. The van der Waals surface area contributed by atoms with Crippen molar-refractivity contribution in [2.75, 3.05) is 0 Å². The molecular weight excluding hydrogens is 222 g/mol. The molecule has 5 heteroatoms. The molecule has 1 aromatic carbocycles. The van der Waals surface area contributed by atoms with E-state index in [1.54, 1.807) is 12.1 Å². The van der Waals surface area contributed by atoms with Crippen molar-refractivity contribution < 1.29 is 19.8 Å². The number of carbonyl (C=O) groups excluding carboxylic acids is 1. The largest absolute Gasteiger partial charge is 0.508 e. The molecule has 92 valence electrons. The molecule has 1 atom stereocenters. The summed E-state index contributed by atoms with van der Waals surface area (Å²) in [6, 6.07) is 5.70. The normalized spacial score (nSPS) is 12.1. The number of Topliss-reactive ketones (excluding diaryl/α,β-unsaturated/α-hetero) is 1. The Kier molecular flexibility index (Phi) is 4.66. The van der Waals surface area contributed by atoms with Gasteiger partial charge in [0.2, 0.25) is 0 Å². The fourth-order valence-corrected chi connectivity index (χ4v) is 1.42. The predicted octanol–water partition coefficient (Wildman–Crippen LogP) is 0.696. The molecule has 0 heterocycles. The van der Waals surface area contributed by atoms with Gasteiger partial charge in [-0.1, -0.05) is 12.1 Å². The number of carboxylic acid groups (broad SMARTS) is 1. The minimum Gasteiger partial charge on any atom is -0.508 e. The maximum Gasteiger partial charge on any atom is 0.303 e. The SMILES string of the molecule is NC(Cc1ccc(O)cc1)C(=O)CCC(=O)O. The van der Waals surface area contributed by atoms with Crippen LogP contribution in [0.3, 0.4) is 0 Å². The van der Waals surface area contributed by atoms with Gasteiger partial charge in [-0.2, -0.15) is 0 Å². The van der Waals surface area contributed by atoms with Crippen molar-refractivity contribution in [1.29, 1.82) is 0 Å².